The van der Waals surface area contributed by atoms with Crippen molar-refractivity contribution in [3.05, 3.63) is 0 Å². The highest BCUT2D eigenvalue weighted by molar-refractivity contribution is 5.83. The van der Waals surface area contributed by atoms with Gasteiger partial charge in [-0.3, -0.25) is 4.79 Å². The van der Waals surface area contributed by atoms with Crippen LogP contribution in [0.3, 0.4) is 0 Å². The SMILES string of the molecule is CCCN(CC)CCNC(=O)C(F)(F)C(F)F. The van der Waals surface area contributed by atoms with E-state index in [2.05, 4.69) is 0 Å². The van der Waals surface area contributed by atoms with E-state index in [0.29, 0.717) is 6.54 Å². The fourth-order valence-corrected chi connectivity index (χ4v) is 1.29. The molecule has 0 heterocycles. The highest BCUT2D eigenvalue weighted by Crippen LogP contribution is 2.22. The largest absolute Gasteiger partial charge is 0.383 e. The van der Waals surface area contributed by atoms with E-state index >= 15 is 0 Å². The quantitative estimate of drug-likeness (QED) is 0.672. The van der Waals surface area contributed by atoms with E-state index in [4.69, 9.17) is 0 Å². The second-order valence-corrected chi connectivity index (χ2v) is 3.61. The Labute approximate surface area is 98.2 Å². The van der Waals surface area contributed by atoms with Crippen LogP contribution >= 0.6 is 0 Å². The Morgan fingerprint density at radius 3 is 2.29 bits per heavy atom. The monoisotopic (exact) mass is 258 g/mol. The number of alkyl halides is 4. The summed E-state index contributed by atoms with van der Waals surface area (Å²) in [6.07, 6.45) is -3.07. The van der Waals surface area contributed by atoms with Gasteiger partial charge in [0.1, 0.15) is 0 Å². The molecule has 0 spiro atoms. The zero-order chi connectivity index (χ0) is 13.5. The second kappa shape index (κ2) is 7.47. The third kappa shape index (κ3) is 5.34. The van der Waals surface area contributed by atoms with Crippen LogP contribution in [0.5, 0.6) is 0 Å². The Morgan fingerprint density at radius 1 is 1.29 bits per heavy atom. The number of nitrogens with one attached hydrogen (secondary N) is 1. The van der Waals surface area contributed by atoms with E-state index in [1.54, 1.807) is 0 Å². The summed E-state index contributed by atoms with van der Waals surface area (Å²) in [5.74, 6) is -6.53. The molecule has 0 rings (SSSR count). The standard InChI is InChI=1S/C10H18F4N2O/c1-3-6-16(4-2)7-5-15-9(17)10(13,14)8(11)12/h8H,3-7H2,1-2H3,(H,15,17). The van der Waals surface area contributed by atoms with Crippen LogP contribution in [0.15, 0.2) is 0 Å². The fraction of sp³-hybridized carbons (Fsp3) is 0.900. The molecule has 3 nitrogen and oxygen atoms in total. The molecule has 0 aromatic carbocycles. The minimum Gasteiger partial charge on any atom is -0.349 e. The van der Waals surface area contributed by atoms with Gasteiger partial charge < -0.3 is 10.2 Å². The zero-order valence-electron chi connectivity index (χ0n) is 9.98. The van der Waals surface area contributed by atoms with Crippen molar-refractivity contribution in [1.29, 1.82) is 0 Å². The number of nitrogens with zero attached hydrogens (tertiary/aromatic N) is 1. The minimum absolute atomic E-state index is 0.0605. The van der Waals surface area contributed by atoms with Crippen LogP contribution in [0, 0.1) is 0 Å². The Bertz CT molecular complexity index is 236. The molecule has 0 aliphatic rings. The molecule has 102 valence electrons. The Kier molecular flexibility index (Phi) is 7.10. The Morgan fingerprint density at radius 2 is 1.88 bits per heavy atom. The third-order valence-electron chi connectivity index (χ3n) is 2.28. The van der Waals surface area contributed by atoms with Crippen molar-refractivity contribution in [2.75, 3.05) is 26.2 Å². The predicted octanol–water partition coefficient (Wildman–Crippen LogP) is 1.73. The van der Waals surface area contributed by atoms with E-state index in [1.165, 1.54) is 0 Å². The lowest BCUT2D eigenvalue weighted by Gasteiger charge is -2.20. The van der Waals surface area contributed by atoms with Crippen molar-refractivity contribution in [2.45, 2.75) is 32.6 Å². The number of likely N-dealkylation sites (N-methyl/N-ethyl adjacent to an activating group) is 1. The first-order chi connectivity index (χ1) is 7.86. The van der Waals surface area contributed by atoms with Crippen LogP contribution in [-0.2, 0) is 4.79 Å². The molecule has 0 saturated heterocycles. The summed E-state index contributed by atoms with van der Waals surface area (Å²) in [5.41, 5.74) is 0. The molecule has 0 saturated carbocycles. The van der Waals surface area contributed by atoms with Gasteiger partial charge >= 0.3 is 12.3 Å². The van der Waals surface area contributed by atoms with Crippen LogP contribution < -0.4 is 5.32 Å². The van der Waals surface area contributed by atoms with Crippen LogP contribution in [0.4, 0.5) is 17.6 Å². The average molecular weight is 258 g/mol. The smallest absolute Gasteiger partial charge is 0.349 e. The second-order valence-electron chi connectivity index (χ2n) is 3.61. The summed E-state index contributed by atoms with van der Waals surface area (Å²) in [4.78, 5) is 12.7. The minimum atomic E-state index is -4.61. The number of carbonyl (C=O) groups excluding carboxylic acids is 1. The number of rotatable bonds is 8. The maximum absolute atomic E-state index is 12.5. The maximum Gasteiger partial charge on any atom is 0.383 e. The Hall–Kier alpha value is -0.850. The van der Waals surface area contributed by atoms with Crippen LogP contribution in [0.1, 0.15) is 20.3 Å². The molecular weight excluding hydrogens is 240 g/mol. The van der Waals surface area contributed by atoms with Crippen molar-refractivity contribution in [2.24, 2.45) is 0 Å². The lowest BCUT2D eigenvalue weighted by molar-refractivity contribution is -0.169. The van der Waals surface area contributed by atoms with Gasteiger partial charge in [0, 0.05) is 13.1 Å². The first-order valence-electron chi connectivity index (χ1n) is 5.52. The van der Waals surface area contributed by atoms with E-state index in [0.717, 1.165) is 19.5 Å². The topological polar surface area (TPSA) is 32.3 Å². The van der Waals surface area contributed by atoms with E-state index in [1.807, 2.05) is 24.1 Å². The first-order valence-corrected chi connectivity index (χ1v) is 5.52. The van der Waals surface area contributed by atoms with Gasteiger partial charge in [-0.25, -0.2) is 8.78 Å². The lowest BCUT2D eigenvalue weighted by atomic mass is 10.3. The van der Waals surface area contributed by atoms with E-state index in [-0.39, 0.29) is 6.54 Å². The lowest BCUT2D eigenvalue weighted by Crippen LogP contribution is -2.47. The number of hydrogen-bond donors (Lipinski definition) is 1. The molecule has 0 aromatic heterocycles. The average Bonchev–Trinajstić information content (AvgIpc) is 2.27. The molecule has 17 heavy (non-hydrogen) atoms. The molecule has 0 fully saturated rings. The first kappa shape index (κ1) is 16.1. The van der Waals surface area contributed by atoms with Gasteiger partial charge in [-0.2, -0.15) is 8.78 Å². The van der Waals surface area contributed by atoms with Gasteiger partial charge in [0.05, 0.1) is 0 Å². The number of carbonyl (C=O) groups is 1. The molecule has 1 N–H and O–H groups in total. The van der Waals surface area contributed by atoms with Crippen LogP contribution in [0.2, 0.25) is 0 Å². The highest BCUT2D eigenvalue weighted by atomic mass is 19.3. The van der Waals surface area contributed by atoms with Crippen molar-refractivity contribution >= 4 is 5.91 Å². The van der Waals surface area contributed by atoms with Gasteiger partial charge in [0.2, 0.25) is 0 Å². The summed E-state index contributed by atoms with van der Waals surface area (Å²) < 4.78 is 48.7. The van der Waals surface area contributed by atoms with Gasteiger partial charge in [-0.1, -0.05) is 13.8 Å². The van der Waals surface area contributed by atoms with Crippen LogP contribution in [0.25, 0.3) is 0 Å². The fourth-order valence-electron chi connectivity index (χ4n) is 1.29. The molecule has 0 atom stereocenters. The number of halogens is 4. The highest BCUT2D eigenvalue weighted by Gasteiger charge is 2.48. The molecule has 0 aromatic rings. The summed E-state index contributed by atoms with van der Waals surface area (Å²) in [6, 6.07) is 0. The molecule has 1 amide bonds. The summed E-state index contributed by atoms with van der Waals surface area (Å²) in [5, 5.41) is 1.82. The Balaban J connectivity index is 4.00. The normalized spacial score (nSPS) is 12.2. The maximum atomic E-state index is 12.5. The molecular formula is C10H18F4N2O. The molecule has 0 bridgehead atoms. The number of hydrogen-bond acceptors (Lipinski definition) is 2. The van der Waals surface area contributed by atoms with Gasteiger partial charge in [-0.05, 0) is 19.5 Å². The number of amides is 1. The van der Waals surface area contributed by atoms with Gasteiger partial charge in [-0.15, -0.1) is 0 Å². The van der Waals surface area contributed by atoms with E-state index < -0.39 is 18.3 Å². The third-order valence-corrected chi connectivity index (χ3v) is 2.28. The summed E-state index contributed by atoms with van der Waals surface area (Å²) in [6.45, 7) is 5.66. The summed E-state index contributed by atoms with van der Waals surface area (Å²) >= 11 is 0. The molecule has 7 heteroatoms. The predicted molar refractivity (Wildman–Crippen MR) is 56.4 cm³/mol. The molecule has 0 aliphatic heterocycles. The molecule has 0 unspecified atom stereocenters. The molecule has 0 radical (unpaired) electrons. The van der Waals surface area contributed by atoms with Crippen molar-refractivity contribution < 1.29 is 22.4 Å². The molecule has 0 aliphatic carbocycles. The van der Waals surface area contributed by atoms with Crippen molar-refractivity contribution in [1.82, 2.24) is 10.2 Å². The van der Waals surface area contributed by atoms with Gasteiger partial charge in [0.25, 0.3) is 5.91 Å². The van der Waals surface area contributed by atoms with Gasteiger partial charge in [0.15, 0.2) is 0 Å². The zero-order valence-corrected chi connectivity index (χ0v) is 9.98. The summed E-state index contributed by atoms with van der Waals surface area (Å²) in [7, 11) is 0. The van der Waals surface area contributed by atoms with E-state index in [9.17, 15) is 22.4 Å². The van der Waals surface area contributed by atoms with Crippen LogP contribution in [-0.4, -0.2) is 49.3 Å². The van der Waals surface area contributed by atoms with Crippen molar-refractivity contribution in [3.63, 3.8) is 0 Å². The van der Waals surface area contributed by atoms with Crippen molar-refractivity contribution in [3.8, 4) is 0 Å².